The minimum Gasteiger partial charge on any atom is -0.497 e. The third-order valence-corrected chi connectivity index (χ3v) is 4.80. The summed E-state index contributed by atoms with van der Waals surface area (Å²) >= 11 is 1.53. The van der Waals surface area contributed by atoms with E-state index in [9.17, 15) is 0 Å². The molecule has 0 saturated carbocycles. The topological polar surface area (TPSA) is 90.4 Å². The fraction of sp³-hybridized carbons (Fsp3) is 0.316. The maximum absolute atomic E-state index is 5.39. The van der Waals surface area contributed by atoms with Gasteiger partial charge in [-0.1, -0.05) is 11.3 Å². The molecule has 8 nitrogen and oxygen atoms in total. The third kappa shape index (κ3) is 4.87. The van der Waals surface area contributed by atoms with Gasteiger partial charge in [-0.3, -0.25) is 0 Å². The number of hydrogen-bond donors (Lipinski definition) is 2. The lowest BCUT2D eigenvalue weighted by Crippen LogP contribution is -2.20. The van der Waals surface area contributed by atoms with Crippen molar-refractivity contribution in [1.29, 1.82) is 0 Å². The second-order valence-corrected chi connectivity index (χ2v) is 7.02. The second-order valence-electron chi connectivity index (χ2n) is 5.99. The molecule has 0 spiro atoms. The molecule has 1 aromatic carbocycles. The van der Waals surface area contributed by atoms with Gasteiger partial charge in [-0.05, 0) is 25.1 Å². The molecule has 0 bridgehead atoms. The molecule has 3 aromatic rings. The van der Waals surface area contributed by atoms with Gasteiger partial charge < -0.3 is 24.8 Å². The van der Waals surface area contributed by atoms with Gasteiger partial charge in [-0.15, -0.1) is 0 Å². The quantitative estimate of drug-likeness (QED) is 0.559. The highest BCUT2D eigenvalue weighted by Crippen LogP contribution is 2.32. The number of ether oxygens (including phenoxy) is 3. The predicted molar refractivity (Wildman–Crippen MR) is 111 cm³/mol. The van der Waals surface area contributed by atoms with Crippen molar-refractivity contribution in [2.24, 2.45) is 0 Å². The Morgan fingerprint density at radius 3 is 2.71 bits per heavy atom. The summed E-state index contributed by atoms with van der Waals surface area (Å²) in [5.74, 6) is 1.84. The molecule has 0 saturated heterocycles. The number of benzene rings is 1. The van der Waals surface area contributed by atoms with Crippen molar-refractivity contribution in [2.45, 2.75) is 13.0 Å². The molecule has 2 aromatic heterocycles. The Morgan fingerprint density at radius 2 is 1.96 bits per heavy atom. The summed E-state index contributed by atoms with van der Waals surface area (Å²) in [5.41, 5.74) is 1.50. The summed E-state index contributed by atoms with van der Waals surface area (Å²) in [6.07, 6.45) is 3.50. The van der Waals surface area contributed by atoms with Crippen LogP contribution in [-0.2, 0) is 4.74 Å². The van der Waals surface area contributed by atoms with Crippen LogP contribution in [0.15, 0.2) is 36.7 Å². The number of nitrogens with zero attached hydrogens (tertiary/aromatic N) is 3. The SMILES string of the molecule is COCC(C)Nc1ncc(-c2ccnc(Nc3cc(OC)ccc3OC)n2)s1. The van der Waals surface area contributed by atoms with Gasteiger partial charge in [0.25, 0.3) is 0 Å². The van der Waals surface area contributed by atoms with Crippen LogP contribution in [0.3, 0.4) is 0 Å². The van der Waals surface area contributed by atoms with Crippen LogP contribution in [0.25, 0.3) is 10.6 Å². The lowest BCUT2D eigenvalue weighted by molar-refractivity contribution is 0.190. The number of nitrogens with one attached hydrogen (secondary N) is 2. The van der Waals surface area contributed by atoms with Crippen LogP contribution < -0.4 is 20.1 Å². The van der Waals surface area contributed by atoms with Crippen LogP contribution >= 0.6 is 11.3 Å². The number of methoxy groups -OCH3 is 3. The molecule has 1 unspecified atom stereocenters. The van der Waals surface area contributed by atoms with E-state index in [1.54, 1.807) is 33.7 Å². The average Bonchev–Trinajstić information content (AvgIpc) is 3.16. The Bertz CT molecular complexity index is 918. The van der Waals surface area contributed by atoms with E-state index in [1.165, 1.54) is 11.3 Å². The van der Waals surface area contributed by atoms with Crippen LogP contribution in [0.4, 0.5) is 16.8 Å². The Kier molecular flexibility index (Phi) is 6.62. The minimum atomic E-state index is 0.173. The van der Waals surface area contributed by atoms with E-state index in [-0.39, 0.29) is 6.04 Å². The first-order chi connectivity index (χ1) is 13.6. The Labute approximate surface area is 167 Å². The fourth-order valence-electron chi connectivity index (χ4n) is 2.55. The van der Waals surface area contributed by atoms with Crippen LogP contribution in [0.1, 0.15) is 6.92 Å². The third-order valence-electron chi connectivity index (χ3n) is 3.85. The largest absolute Gasteiger partial charge is 0.497 e. The molecule has 0 aliphatic rings. The van der Waals surface area contributed by atoms with Crippen molar-refractivity contribution in [1.82, 2.24) is 15.0 Å². The second kappa shape index (κ2) is 9.34. The minimum absolute atomic E-state index is 0.173. The first-order valence-electron chi connectivity index (χ1n) is 8.66. The van der Waals surface area contributed by atoms with Gasteiger partial charge in [-0.2, -0.15) is 0 Å². The molecular weight excluding hydrogens is 378 g/mol. The highest BCUT2D eigenvalue weighted by Gasteiger charge is 2.11. The van der Waals surface area contributed by atoms with E-state index in [0.29, 0.717) is 24.1 Å². The van der Waals surface area contributed by atoms with Gasteiger partial charge >= 0.3 is 0 Å². The lowest BCUT2D eigenvalue weighted by Gasteiger charge is -2.12. The summed E-state index contributed by atoms with van der Waals surface area (Å²) in [4.78, 5) is 14.3. The van der Waals surface area contributed by atoms with Crippen LogP contribution in [-0.4, -0.2) is 48.9 Å². The number of aromatic nitrogens is 3. The van der Waals surface area contributed by atoms with E-state index in [2.05, 4.69) is 25.6 Å². The summed E-state index contributed by atoms with van der Waals surface area (Å²) in [5, 5.41) is 7.32. The molecule has 0 fully saturated rings. The molecule has 0 amide bonds. The highest BCUT2D eigenvalue weighted by atomic mass is 32.1. The van der Waals surface area contributed by atoms with Gasteiger partial charge in [0, 0.05) is 31.6 Å². The molecular formula is C19H23N5O3S. The summed E-state index contributed by atoms with van der Waals surface area (Å²) in [6, 6.07) is 7.52. The molecule has 0 radical (unpaired) electrons. The zero-order valence-electron chi connectivity index (χ0n) is 16.2. The van der Waals surface area contributed by atoms with Gasteiger partial charge in [-0.25, -0.2) is 15.0 Å². The Hall–Kier alpha value is -2.91. The zero-order valence-corrected chi connectivity index (χ0v) is 17.0. The maximum atomic E-state index is 5.39. The molecule has 148 valence electrons. The first kappa shape index (κ1) is 19.8. The molecule has 2 N–H and O–H groups in total. The standard InChI is InChI=1S/C19H23N5O3S/c1-12(11-25-2)22-19-21-10-17(28-19)14-7-8-20-18(23-14)24-15-9-13(26-3)5-6-16(15)27-4/h5-10,12H,11H2,1-4H3,(H,21,22)(H,20,23,24). The number of anilines is 3. The van der Waals surface area contributed by atoms with Crippen molar-refractivity contribution >= 4 is 28.1 Å². The number of thiazole rings is 1. The van der Waals surface area contributed by atoms with Gasteiger partial charge in [0.2, 0.25) is 5.95 Å². The Morgan fingerprint density at radius 1 is 1.11 bits per heavy atom. The summed E-state index contributed by atoms with van der Waals surface area (Å²) in [6.45, 7) is 2.65. The van der Waals surface area contributed by atoms with Crippen molar-refractivity contribution in [3.05, 3.63) is 36.7 Å². The van der Waals surface area contributed by atoms with E-state index in [1.807, 2.05) is 31.2 Å². The zero-order chi connectivity index (χ0) is 19.9. The monoisotopic (exact) mass is 401 g/mol. The normalized spacial score (nSPS) is 11.7. The van der Waals surface area contributed by atoms with E-state index < -0.39 is 0 Å². The van der Waals surface area contributed by atoms with Crippen molar-refractivity contribution in [2.75, 3.05) is 38.6 Å². The van der Waals surface area contributed by atoms with Crippen LogP contribution in [0.2, 0.25) is 0 Å². The van der Waals surface area contributed by atoms with Crippen LogP contribution in [0.5, 0.6) is 11.5 Å². The number of rotatable bonds is 9. The van der Waals surface area contributed by atoms with Gasteiger partial charge in [0.05, 0.1) is 37.1 Å². The van der Waals surface area contributed by atoms with Gasteiger partial charge in [0.1, 0.15) is 11.5 Å². The summed E-state index contributed by atoms with van der Waals surface area (Å²) < 4.78 is 15.8. The smallest absolute Gasteiger partial charge is 0.227 e. The predicted octanol–water partition coefficient (Wildman–Crippen LogP) is 3.81. The summed E-state index contributed by atoms with van der Waals surface area (Å²) in [7, 11) is 4.91. The average molecular weight is 401 g/mol. The highest BCUT2D eigenvalue weighted by molar-refractivity contribution is 7.18. The van der Waals surface area contributed by atoms with Crippen LogP contribution in [0, 0.1) is 0 Å². The molecule has 3 rings (SSSR count). The van der Waals surface area contributed by atoms with Gasteiger partial charge in [0.15, 0.2) is 5.13 Å². The van der Waals surface area contributed by atoms with Crippen molar-refractivity contribution < 1.29 is 14.2 Å². The Balaban J connectivity index is 1.79. The van der Waals surface area contributed by atoms with Crippen molar-refractivity contribution in [3.8, 4) is 22.1 Å². The van der Waals surface area contributed by atoms with E-state index in [4.69, 9.17) is 14.2 Å². The lowest BCUT2D eigenvalue weighted by atomic mass is 10.2. The molecule has 9 heteroatoms. The fourth-order valence-corrected chi connectivity index (χ4v) is 3.45. The molecule has 0 aliphatic carbocycles. The van der Waals surface area contributed by atoms with E-state index in [0.717, 1.165) is 21.4 Å². The van der Waals surface area contributed by atoms with Crippen molar-refractivity contribution in [3.63, 3.8) is 0 Å². The van der Waals surface area contributed by atoms with E-state index >= 15 is 0 Å². The molecule has 0 aliphatic heterocycles. The molecule has 28 heavy (non-hydrogen) atoms. The maximum Gasteiger partial charge on any atom is 0.227 e. The molecule has 2 heterocycles. The molecule has 1 atom stereocenters. The first-order valence-corrected chi connectivity index (χ1v) is 9.48. The number of hydrogen-bond acceptors (Lipinski definition) is 9.